The SMILES string of the molecule is CC(C)(NP(=O)(CCCNC(=O)OCc1ccccc1)Oc1ccccc1)C(=O)O. The number of carboxylic acid groups (broad SMARTS) is 1. The van der Waals surface area contributed by atoms with E-state index < -0.39 is 25.1 Å². The van der Waals surface area contributed by atoms with Gasteiger partial charge in [0.25, 0.3) is 0 Å². The largest absolute Gasteiger partial charge is 0.480 e. The van der Waals surface area contributed by atoms with Crippen molar-refractivity contribution in [3.8, 4) is 5.75 Å². The highest BCUT2D eigenvalue weighted by molar-refractivity contribution is 7.57. The molecule has 0 aliphatic heterocycles. The second-order valence-electron chi connectivity index (χ2n) is 7.19. The van der Waals surface area contributed by atoms with Gasteiger partial charge in [-0.25, -0.2) is 9.88 Å². The standard InChI is InChI=1S/C21H27N2O6P/c1-21(2,19(24)25)23-30(27,29-18-12-7-4-8-13-18)15-9-14-22-20(26)28-16-17-10-5-3-6-11-17/h3-8,10-13H,9,14-16H2,1-2H3,(H,22,26)(H,23,27)(H,24,25). The van der Waals surface area contributed by atoms with Crippen LogP contribution < -0.4 is 14.9 Å². The van der Waals surface area contributed by atoms with Crippen LogP contribution in [0.25, 0.3) is 0 Å². The summed E-state index contributed by atoms with van der Waals surface area (Å²) >= 11 is 0. The summed E-state index contributed by atoms with van der Waals surface area (Å²) in [6.07, 6.45) is -0.262. The molecule has 0 spiro atoms. The molecule has 0 aliphatic carbocycles. The van der Waals surface area contributed by atoms with Crippen LogP contribution in [0.3, 0.4) is 0 Å². The van der Waals surface area contributed by atoms with Gasteiger partial charge in [0.1, 0.15) is 17.9 Å². The second kappa shape index (κ2) is 10.8. The highest BCUT2D eigenvalue weighted by atomic mass is 31.2. The predicted molar refractivity (Wildman–Crippen MR) is 114 cm³/mol. The maximum atomic E-state index is 13.3. The number of hydrogen-bond acceptors (Lipinski definition) is 5. The summed E-state index contributed by atoms with van der Waals surface area (Å²) in [6.45, 7) is 3.17. The van der Waals surface area contributed by atoms with E-state index in [2.05, 4.69) is 10.4 Å². The van der Waals surface area contributed by atoms with Crippen LogP contribution in [0.5, 0.6) is 5.75 Å². The van der Waals surface area contributed by atoms with E-state index in [-0.39, 0.29) is 19.3 Å². The number of benzene rings is 2. The van der Waals surface area contributed by atoms with Crippen molar-refractivity contribution in [1.82, 2.24) is 10.4 Å². The van der Waals surface area contributed by atoms with E-state index in [9.17, 15) is 19.3 Å². The van der Waals surface area contributed by atoms with Crippen LogP contribution >= 0.6 is 7.52 Å². The van der Waals surface area contributed by atoms with Gasteiger partial charge in [0.05, 0.1) is 6.16 Å². The maximum Gasteiger partial charge on any atom is 0.407 e. The van der Waals surface area contributed by atoms with Crippen LogP contribution in [0.15, 0.2) is 60.7 Å². The topological polar surface area (TPSA) is 114 Å². The molecule has 30 heavy (non-hydrogen) atoms. The predicted octanol–water partition coefficient (Wildman–Crippen LogP) is 4.03. The number of rotatable bonds is 11. The van der Waals surface area contributed by atoms with Crippen LogP contribution in [0.1, 0.15) is 25.8 Å². The molecule has 9 heteroatoms. The van der Waals surface area contributed by atoms with E-state index in [0.29, 0.717) is 12.2 Å². The number of carbonyl (C=O) groups is 2. The van der Waals surface area contributed by atoms with Crippen LogP contribution in [-0.4, -0.2) is 35.4 Å². The molecule has 2 rings (SSSR count). The van der Waals surface area contributed by atoms with Crippen molar-refractivity contribution in [2.24, 2.45) is 0 Å². The number of carboxylic acids is 1. The Morgan fingerprint density at radius 3 is 2.23 bits per heavy atom. The van der Waals surface area contributed by atoms with Crippen molar-refractivity contribution in [3.63, 3.8) is 0 Å². The molecule has 0 aliphatic rings. The lowest BCUT2D eigenvalue weighted by atomic mass is 10.1. The number of nitrogens with one attached hydrogen (secondary N) is 2. The molecule has 0 fully saturated rings. The molecule has 0 aromatic heterocycles. The Morgan fingerprint density at radius 2 is 1.63 bits per heavy atom. The van der Waals surface area contributed by atoms with E-state index in [4.69, 9.17) is 9.26 Å². The summed E-state index contributed by atoms with van der Waals surface area (Å²) in [5, 5.41) is 14.6. The van der Waals surface area contributed by atoms with Crippen molar-refractivity contribution >= 4 is 19.6 Å². The van der Waals surface area contributed by atoms with Crippen LogP contribution in [-0.2, 0) is 20.7 Å². The maximum absolute atomic E-state index is 13.3. The number of amides is 1. The van der Waals surface area contributed by atoms with E-state index in [0.717, 1.165) is 5.56 Å². The molecule has 162 valence electrons. The van der Waals surface area contributed by atoms with Crippen molar-refractivity contribution in [1.29, 1.82) is 0 Å². The van der Waals surface area contributed by atoms with Gasteiger partial charge in [-0.15, -0.1) is 0 Å². The summed E-state index contributed by atoms with van der Waals surface area (Å²) < 4.78 is 24.1. The summed E-state index contributed by atoms with van der Waals surface area (Å²) in [5.41, 5.74) is -0.583. The molecule has 1 atom stereocenters. The second-order valence-corrected chi connectivity index (χ2v) is 9.39. The molecule has 2 aromatic carbocycles. The fraction of sp³-hybridized carbons (Fsp3) is 0.333. The van der Waals surface area contributed by atoms with E-state index >= 15 is 0 Å². The Labute approximate surface area is 176 Å². The van der Waals surface area contributed by atoms with Gasteiger partial charge in [0, 0.05) is 6.54 Å². The van der Waals surface area contributed by atoms with Crippen LogP contribution in [0.4, 0.5) is 4.79 Å². The first-order valence-electron chi connectivity index (χ1n) is 9.51. The summed E-state index contributed by atoms with van der Waals surface area (Å²) in [4.78, 5) is 23.3. The fourth-order valence-corrected chi connectivity index (χ4v) is 4.73. The normalized spacial score (nSPS) is 13.1. The molecule has 1 unspecified atom stereocenters. The Morgan fingerprint density at radius 1 is 1.03 bits per heavy atom. The van der Waals surface area contributed by atoms with Crippen molar-refractivity contribution in [3.05, 3.63) is 66.2 Å². The molecular formula is C21H27N2O6P. The van der Waals surface area contributed by atoms with E-state index in [1.165, 1.54) is 13.8 Å². The minimum absolute atomic E-state index is 0.0254. The van der Waals surface area contributed by atoms with Gasteiger partial charge in [0.15, 0.2) is 0 Å². The third kappa shape index (κ3) is 7.89. The third-order valence-electron chi connectivity index (χ3n) is 4.09. The van der Waals surface area contributed by atoms with Crippen molar-refractivity contribution in [2.45, 2.75) is 32.4 Å². The van der Waals surface area contributed by atoms with Crippen LogP contribution in [0, 0.1) is 0 Å². The van der Waals surface area contributed by atoms with Gasteiger partial charge in [-0.2, -0.15) is 0 Å². The lowest BCUT2D eigenvalue weighted by Crippen LogP contribution is -2.46. The molecule has 0 bridgehead atoms. The number of ether oxygens (including phenoxy) is 1. The third-order valence-corrected chi connectivity index (χ3v) is 6.40. The summed E-state index contributed by atoms with van der Waals surface area (Å²) in [5.74, 6) is -0.785. The Kier molecular flexibility index (Phi) is 8.45. The number of alkyl carbamates (subject to hydrolysis) is 1. The Balaban J connectivity index is 1.88. The molecule has 1 amide bonds. The van der Waals surface area contributed by atoms with Gasteiger partial charge in [-0.1, -0.05) is 48.5 Å². The zero-order valence-electron chi connectivity index (χ0n) is 17.0. The molecule has 8 nitrogen and oxygen atoms in total. The lowest BCUT2D eigenvalue weighted by Gasteiger charge is -2.28. The molecule has 0 radical (unpaired) electrons. The first kappa shape index (κ1) is 23.4. The molecular weight excluding hydrogens is 407 g/mol. The molecule has 0 saturated heterocycles. The average Bonchev–Trinajstić information content (AvgIpc) is 2.70. The zero-order valence-corrected chi connectivity index (χ0v) is 17.9. The van der Waals surface area contributed by atoms with Gasteiger partial charge >= 0.3 is 19.6 Å². The quantitative estimate of drug-likeness (QED) is 0.361. The van der Waals surface area contributed by atoms with Gasteiger partial charge in [-0.3, -0.25) is 9.36 Å². The van der Waals surface area contributed by atoms with Crippen LogP contribution in [0.2, 0.25) is 0 Å². The smallest absolute Gasteiger partial charge is 0.407 e. The van der Waals surface area contributed by atoms with Crippen molar-refractivity contribution in [2.75, 3.05) is 12.7 Å². The minimum Gasteiger partial charge on any atom is -0.480 e. The minimum atomic E-state index is -3.56. The van der Waals surface area contributed by atoms with Crippen molar-refractivity contribution < 1.29 is 28.5 Å². The van der Waals surface area contributed by atoms with Gasteiger partial charge in [0.2, 0.25) is 0 Å². The number of para-hydroxylation sites is 1. The fourth-order valence-electron chi connectivity index (χ4n) is 2.50. The lowest BCUT2D eigenvalue weighted by molar-refractivity contribution is -0.142. The van der Waals surface area contributed by atoms with Gasteiger partial charge in [-0.05, 0) is 38.0 Å². The summed E-state index contributed by atoms with van der Waals surface area (Å²) in [7, 11) is -3.56. The number of hydrogen-bond donors (Lipinski definition) is 3. The first-order valence-corrected chi connectivity index (χ1v) is 11.3. The van der Waals surface area contributed by atoms with Gasteiger partial charge < -0.3 is 19.7 Å². The Bertz CT molecular complexity index is 874. The number of carbonyl (C=O) groups excluding carboxylic acids is 1. The zero-order chi connectivity index (χ0) is 22.0. The highest BCUT2D eigenvalue weighted by Crippen LogP contribution is 2.45. The van der Waals surface area contributed by atoms with E-state index in [1.54, 1.807) is 30.3 Å². The molecule has 0 saturated carbocycles. The molecule has 2 aromatic rings. The first-order chi connectivity index (χ1) is 14.2. The van der Waals surface area contributed by atoms with E-state index in [1.807, 2.05) is 30.3 Å². The monoisotopic (exact) mass is 434 g/mol. The average molecular weight is 434 g/mol. The summed E-state index contributed by atoms with van der Waals surface area (Å²) in [6, 6.07) is 17.8. The Hall–Kier alpha value is -2.83. The highest BCUT2D eigenvalue weighted by Gasteiger charge is 2.37. The molecule has 0 heterocycles. The molecule has 3 N–H and O–H groups in total. The number of aliphatic carboxylic acids is 1.